The number of carbonyl (C=O) groups excluding carboxylic acids is 2. The Morgan fingerprint density at radius 2 is 1.71 bits per heavy atom. The van der Waals surface area contributed by atoms with E-state index in [4.69, 9.17) is 27.9 Å². The summed E-state index contributed by atoms with van der Waals surface area (Å²) >= 11 is 12.5. The number of halogens is 2. The molecule has 2 aliphatic heterocycles. The Hall–Kier alpha value is -1.50. The molecular formula is C27H37Cl2N3O3. The number of likely N-dealkylation sites (N-methyl/N-ethyl adjacent to an activating group) is 1. The van der Waals surface area contributed by atoms with Crippen LogP contribution >= 0.6 is 23.2 Å². The van der Waals surface area contributed by atoms with Crippen LogP contribution in [-0.4, -0.2) is 79.1 Å². The molecule has 2 saturated heterocycles. The zero-order chi connectivity index (χ0) is 24.5. The normalized spacial score (nSPS) is 25.6. The van der Waals surface area contributed by atoms with Gasteiger partial charge in [0, 0.05) is 38.5 Å². The van der Waals surface area contributed by atoms with Gasteiger partial charge in [-0.2, -0.15) is 0 Å². The molecule has 2 saturated carbocycles. The topological polar surface area (TPSA) is 53.1 Å². The van der Waals surface area contributed by atoms with Gasteiger partial charge in [0.15, 0.2) is 0 Å². The van der Waals surface area contributed by atoms with Gasteiger partial charge in [0.05, 0.1) is 22.7 Å². The van der Waals surface area contributed by atoms with Crippen LogP contribution in [0.4, 0.5) is 4.79 Å². The molecule has 0 spiro atoms. The van der Waals surface area contributed by atoms with Gasteiger partial charge in [0.25, 0.3) is 0 Å². The van der Waals surface area contributed by atoms with Crippen LogP contribution in [0.25, 0.3) is 0 Å². The quantitative estimate of drug-likeness (QED) is 0.467. The molecule has 8 heteroatoms. The summed E-state index contributed by atoms with van der Waals surface area (Å²) in [5.74, 6) is 1.85. The van der Waals surface area contributed by atoms with Gasteiger partial charge in [-0.15, -0.1) is 0 Å². The van der Waals surface area contributed by atoms with Crippen molar-refractivity contribution in [2.75, 3.05) is 46.4 Å². The van der Waals surface area contributed by atoms with Gasteiger partial charge in [-0.3, -0.25) is 4.79 Å². The summed E-state index contributed by atoms with van der Waals surface area (Å²) in [6, 6.07) is 5.46. The van der Waals surface area contributed by atoms with Crippen LogP contribution in [0.1, 0.15) is 56.4 Å². The summed E-state index contributed by atoms with van der Waals surface area (Å²) in [5.41, 5.74) is 0.997. The van der Waals surface area contributed by atoms with Crippen molar-refractivity contribution in [3.05, 3.63) is 33.8 Å². The van der Waals surface area contributed by atoms with Gasteiger partial charge in [-0.25, -0.2) is 4.79 Å². The molecule has 2 atom stereocenters. The maximum absolute atomic E-state index is 13.6. The fourth-order valence-electron chi connectivity index (χ4n) is 5.67. The molecule has 0 N–H and O–H groups in total. The summed E-state index contributed by atoms with van der Waals surface area (Å²) in [4.78, 5) is 32.6. The largest absolute Gasteiger partial charge is 0.449 e. The highest BCUT2D eigenvalue weighted by atomic mass is 35.5. The standard InChI is InChI=1S/C27H37Cl2N3O3/c1-30(27(34)35-13-10-18-2-3-18)25-17-32(16-22(25)21-6-7-23(28)24(29)14-21)26(33)20-8-11-31(12-9-20)15-19-4-5-19/h6-7,14,18-20,22,25H,2-5,8-13,15-17H2,1H3. The van der Waals surface area contributed by atoms with E-state index < -0.39 is 0 Å². The Kier molecular flexibility index (Phi) is 7.81. The van der Waals surface area contributed by atoms with Crippen LogP contribution in [0.2, 0.25) is 10.0 Å². The monoisotopic (exact) mass is 521 g/mol. The second kappa shape index (κ2) is 10.9. The lowest BCUT2D eigenvalue weighted by Gasteiger charge is -2.33. The Labute approximate surface area is 218 Å². The minimum absolute atomic E-state index is 0.0374. The molecule has 2 heterocycles. The van der Waals surface area contributed by atoms with E-state index in [9.17, 15) is 9.59 Å². The van der Waals surface area contributed by atoms with E-state index in [1.54, 1.807) is 18.0 Å². The first-order valence-electron chi connectivity index (χ1n) is 13.2. The van der Waals surface area contributed by atoms with Crippen LogP contribution in [0.5, 0.6) is 0 Å². The maximum atomic E-state index is 13.6. The van der Waals surface area contributed by atoms with E-state index >= 15 is 0 Å². The lowest BCUT2D eigenvalue weighted by molar-refractivity contribution is -0.136. The van der Waals surface area contributed by atoms with Crippen LogP contribution in [0.3, 0.4) is 0 Å². The predicted octanol–water partition coefficient (Wildman–Crippen LogP) is 5.28. The minimum Gasteiger partial charge on any atom is -0.449 e. The Morgan fingerprint density at radius 3 is 2.37 bits per heavy atom. The number of nitrogens with zero attached hydrogens (tertiary/aromatic N) is 3. The first-order chi connectivity index (χ1) is 16.9. The van der Waals surface area contributed by atoms with Crippen molar-refractivity contribution < 1.29 is 14.3 Å². The molecule has 0 aromatic heterocycles. The second-order valence-electron chi connectivity index (χ2n) is 11.1. The maximum Gasteiger partial charge on any atom is 0.409 e. The number of likely N-dealkylation sites (tertiary alicyclic amines) is 2. The highest BCUT2D eigenvalue weighted by Gasteiger charge is 2.42. The molecule has 4 fully saturated rings. The molecule has 0 radical (unpaired) electrons. The van der Waals surface area contributed by atoms with Crippen LogP contribution < -0.4 is 0 Å². The number of piperidine rings is 1. The molecule has 4 aliphatic rings. The van der Waals surface area contributed by atoms with Gasteiger partial charge < -0.3 is 19.4 Å². The highest BCUT2D eigenvalue weighted by Crippen LogP contribution is 2.37. The molecule has 2 unspecified atom stereocenters. The summed E-state index contributed by atoms with van der Waals surface area (Å²) in [6.07, 6.45) is 7.67. The van der Waals surface area contributed by atoms with Crippen molar-refractivity contribution in [3.8, 4) is 0 Å². The average Bonchev–Trinajstić information content (AvgIpc) is 3.79. The second-order valence-corrected chi connectivity index (χ2v) is 11.9. The first kappa shape index (κ1) is 25.2. The Balaban J connectivity index is 1.25. The van der Waals surface area contributed by atoms with Crippen molar-refractivity contribution >= 4 is 35.2 Å². The van der Waals surface area contributed by atoms with Gasteiger partial charge in [-0.1, -0.05) is 42.1 Å². The zero-order valence-electron chi connectivity index (χ0n) is 20.6. The summed E-state index contributed by atoms with van der Waals surface area (Å²) < 4.78 is 5.59. The zero-order valence-corrected chi connectivity index (χ0v) is 22.1. The highest BCUT2D eigenvalue weighted by molar-refractivity contribution is 6.42. The molecule has 192 valence electrons. The minimum atomic E-state index is -0.316. The Morgan fingerprint density at radius 1 is 1.00 bits per heavy atom. The van der Waals surface area contributed by atoms with Gasteiger partial charge in [0.2, 0.25) is 5.91 Å². The van der Waals surface area contributed by atoms with Crippen molar-refractivity contribution in [3.63, 3.8) is 0 Å². The molecule has 5 rings (SSSR count). The van der Waals surface area contributed by atoms with E-state index in [-0.39, 0.29) is 29.9 Å². The van der Waals surface area contributed by atoms with Crippen molar-refractivity contribution in [2.45, 2.75) is 56.9 Å². The lowest BCUT2D eigenvalue weighted by atomic mass is 9.93. The molecule has 0 bridgehead atoms. The molecule has 35 heavy (non-hydrogen) atoms. The lowest BCUT2D eigenvalue weighted by Crippen LogP contribution is -2.44. The van der Waals surface area contributed by atoms with Gasteiger partial charge in [0.1, 0.15) is 0 Å². The third-order valence-corrected chi connectivity index (χ3v) is 9.10. The van der Waals surface area contributed by atoms with Gasteiger partial charge in [-0.05, 0) is 74.7 Å². The van der Waals surface area contributed by atoms with Crippen LogP contribution in [0.15, 0.2) is 18.2 Å². The molecule has 2 aliphatic carbocycles. The third-order valence-electron chi connectivity index (χ3n) is 8.36. The summed E-state index contributed by atoms with van der Waals surface area (Å²) in [5, 5.41) is 0.995. The third kappa shape index (κ3) is 6.26. The summed E-state index contributed by atoms with van der Waals surface area (Å²) in [7, 11) is 1.79. The fraction of sp³-hybridized carbons (Fsp3) is 0.704. The summed E-state index contributed by atoms with van der Waals surface area (Å²) in [6.45, 7) is 4.75. The molecule has 1 aromatic rings. The van der Waals surface area contributed by atoms with Crippen molar-refractivity contribution in [1.29, 1.82) is 0 Å². The van der Waals surface area contributed by atoms with E-state index in [2.05, 4.69) is 4.90 Å². The first-order valence-corrected chi connectivity index (χ1v) is 14.0. The van der Waals surface area contributed by atoms with E-state index in [1.807, 2.05) is 17.0 Å². The number of ether oxygens (including phenoxy) is 1. The SMILES string of the molecule is CN(C(=O)OCCC1CC1)C1CN(C(=O)C2CCN(CC3CC3)CC2)CC1c1ccc(Cl)c(Cl)c1. The number of benzene rings is 1. The molecular weight excluding hydrogens is 485 g/mol. The van der Waals surface area contributed by atoms with Crippen LogP contribution in [0, 0.1) is 17.8 Å². The number of hydrogen-bond acceptors (Lipinski definition) is 4. The molecule has 6 nitrogen and oxygen atoms in total. The fourth-order valence-corrected chi connectivity index (χ4v) is 5.98. The molecule has 1 aromatic carbocycles. The Bertz CT molecular complexity index is 928. The predicted molar refractivity (Wildman–Crippen MR) is 138 cm³/mol. The van der Waals surface area contributed by atoms with E-state index in [1.165, 1.54) is 32.2 Å². The number of hydrogen-bond donors (Lipinski definition) is 0. The number of carbonyl (C=O) groups is 2. The van der Waals surface area contributed by atoms with E-state index in [0.717, 1.165) is 43.8 Å². The van der Waals surface area contributed by atoms with Gasteiger partial charge >= 0.3 is 6.09 Å². The molecule has 2 amide bonds. The van der Waals surface area contributed by atoms with Crippen LogP contribution in [-0.2, 0) is 9.53 Å². The number of amides is 2. The number of rotatable bonds is 8. The van der Waals surface area contributed by atoms with E-state index in [0.29, 0.717) is 35.7 Å². The average molecular weight is 523 g/mol. The smallest absolute Gasteiger partial charge is 0.409 e. The van der Waals surface area contributed by atoms with Crippen molar-refractivity contribution in [1.82, 2.24) is 14.7 Å². The van der Waals surface area contributed by atoms with Crippen molar-refractivity contribution in [2.24, 2.45) is 17.8 Å².